The molecule has 0 spiro atoms. The van der Waals surface area contributed by atoms with Crippen LogP contribution >= 0.6 is 11.6 Å². The molecule has 0 aliphatic carbocycles. The first-order chi connectivity index (χ1) is 7.43. The lowest BCUT2D eigenvalue weighted by Gasteiger charge is -2.14. The topological polar surface area (TPSA) is 83.6 Å². The lowest BCUT2D eigenvalue weighted by atomic mass is 10.0. The minimum atomic E-state index is -1.01. The van der Waals surface area contributed by atoms with E-state index in [1.54, 1.807) is 0 Å². The van der Waals surface area contributed by atoms with Crippen LogP contribution in [0.15, 0.2) is 12.1 Å². The fraction of sp³-hybridized carbons (Fsp3) is 0.300. The van der Waals surface area contributed by atoms with Crippen molar-refractivity contribution in [2.45, 2.75) is 18.9 Å². The first-order valence-corrected chi connectivity index (χ1v) is 4.95. The molecule has 88 valence electrons. The second-order valence-corrected chi connectivity index (χ2v) is 3.74. The van der Waals surface area contributed by atoms with Gasteiger partial charge in [-0.2, -0.15) is 0 Å². The van der Waals surface area contributed by atoms with Crippen LogP contribution in [0.3, 0.4) is 0 Å². The number of benzene rings is 1. The molecule has 1 aromatic rings. The second kappa shape index (κ2) is 5.14. The quantitative estimate of drug-likeness (QED) is 0.760. The van der Waals surface area contributed by atoms with Gasteiger partial charge in [0.05, 0.1) is 0 Å². The molecule has 4 N–H and O–H groups in total. The Labute approximate surface area is 96.4 Å². The maximum absolute atomic E-state index is 13.0. The number of carbonyl (C=O) groups is 1. The van der Waals surface area contributed by atoms with Gasteiger partial charge >= 0.3 is 5.97 Å². The molecule has 0 aliphatic rings. The molecular formula is C10H11ClFNO3. The SMILES string of the molecule is NC(CCC(=O)O)c1c(Cl)ccc(F)c1O. The van der Waals surface area contributed by atoms with E-state index in [1.807, 2.05) is 0 Å². The Kier molecular flexibility index (Phi) is 4.09. The summed E-state index contributed by atoms with van der Waals surface area (Å²) in [6, 6.07) is 1.48. The van der Waals surface area contributed by atoms with E-state index in [1.165, 1.54) is 6.07 Å². The number of phenols is 1. The van der Waals surface area contributed by atoms with Crippen LogP contribution in [0.4, 0.5) is 4.39 Å². The molecule has 0 fully saturated rings. The van der Waals surface area contributed by atoms with Crippen molar-refractivity contribution in [1.29, 1.82) is 0 Å². The van der Waals surface area contributed by atoms with Gasteiger partial charge in [0.2, 0.25) is 0 Å². The lowest BCUT2D eigenvalue weighted by molar-refractivity contribution is -0.137. The fourth-order valence-corrected chi connectivity index (χ4v) is 1.63. The van der Waals surface area contributed by atoms with Crippen LogP contribution < -0.4 is 5.73 Å². The summed E-state index contributed by atoms with van der Waals surface area (Å²) in [5.41, 5.74) is 5.68. The fourth-order valence-electron chi connectivity index (χ4n) is 1.33. The molecule has 1 rings (SSSR count). The standard InChI is InChI=1S/C10H11ClFNO3/c11-5-1-2-6(12)10(16)9(5)7(13)3-4-8(14)15/h1-2,7,16H,3-4,13H2,(H,14,15). The zero-order valence-electron chi connectivity index (χ0n) is 8.28. The van der Waals surface area contributed by atoms with E-state index >= 15 is 0 Å². The average molecular weight is 248 g/mol. The van der Waals surface area contributed by atoms with Crippen LogP contribution in [0.5, 0.6) is 5.75 Å². The Morgan fingerprint density at radius 1 is 1.56 bits per heavy atom. The monoisotopic (exact) mass is 247 g/mol. The molecule has 0 saturated heterocycles. The van der Waals surface area contributed by atoms with Gasteiger partial charge in [-0.05, 0) is 18.6 Å². The molecule has 16 heavy (non-hydrogen) atoms. The van der Waals surface area contributed by atoms with Crippen molar-refractivity contribution in [1.82, 2.24) is 0 Å². The summed E-state index contributed by atoms with van der Waals surface area (Å²) in [6.07, 6.45) is -0.0977. The molecule has 0 aromatic heterocycles. The van der Waals surface area contributed by atoms with Gasteiger partial charge in [-0.15, -0.1) is 0 Å². The van der Waals surface area contributed by atoms with Crippen LogP contribution in [-0.2, 0) is 4.79 Å². The van der Waals surface area contributed by atoms with E-state index < -0.39 is 23.6 Å². The molecule has 0 saturated carbocycles. The maximum Gasteiger partial charge on any atom is 0.303 e. The molecule has 6 heteroatoms. The Morgan fingerprint density at radius 3 is 2.75 bits per heavy atom. The van der Waals surface area contributed by atoms with Crippen LogP contribution in [0.2, 0.25) is 5.02 Å². The number of carboxylic acid groups (broad SMARTS) is 1. The molecule has 4 nitrogen and oxygen atoms in total. The maximum atomic E-state index is 13.0. The van der Waals surface area contributed by atoms with Gasteiger partial charge in [0.25, 0.3) is 0 Å². The Hall–Kier alpha value is -1.33. The number of phenolic OH excluding ortho intramolecular Hbond substituents is 1. The number of hydrogen-bond acceptors (Lipinski definition) is 3. The summed E-state index contributed by atoms with van der Waals surface area (Å²) in [5, 5.41) is 18.0. The Morgan fingerprint density at radius 2 is 2.19 bits per heavy atom. The number of hydrogen-bond donors (Lipinski definition) is 3. The lowest BCUT2D eigenvalue weighted by Crippen LogP contribution is -2.13. The minimum absolute atomic E-state index is 0.0444. The molecule has 0 amide bonds. The molecule has 0 bridgehead atoms. The highest BCUT2D eigenvalue weighted by molar-refractivity contribution is 6.31. The van der Waals surface area contributed by atoms with Gasteiger partial charge in [-0.3, -0.25) is 4.79 Å². The minimum Gasteiger partial charge on any atom is -0.505 e. The summed E-state index contributed by atoms with van der Waals surface area (Å²) in [7, 11) is 0. The van der Waals surface area contributed by atoms with E-state index in [-0.39, 0.29) is 23.4 Å². The van der Waals surface area contributed by atoms with E-state index in [4.69, 9.17) is 22.4 Å². The van der Waals surface area contributed by atoms with Crippen LogP contribution in [0.1, 0.15) is 24.4 Å². The van der Waals surface area contributed by atoms with E-state index in [2.05, 4.69) is 0 Å². The van der Waals surface area contributed by atoms with Gasteiger partial charge in [-0.25, -0.2) is 4.39 Å². The third kappa shape index (κ3) is 2.84. The molecule has 1 unspecified atom stereocenters. The molecule has 0 heterocycles. The molecule has 0 radical (unpaired) electrons. The highest BCUT2D eigenvalue weighted by atomic mass is 35.5. The van der Waals surface area contributed by atoms with Crippen molar-refractivity contribution in [3.8, 4) is 5.75 Å². The van der Waals surface area contributed by atoms with Gasteiger partial charge in [0.1, 0.15) is 0 Å². The van der Waals surface area contributed by atoms with Crippen molar-refractivity contribution in [2.75, 3.05) is 0 Å². The van der Waals surface area contributed by atoms with Gasteiger partial charge < -0.3 is 15.9 Å². The largest absolute Gasteiger partial charge is 0.505 e. The summed E-state index contributed by atoms with van der Waals surface area (Å²) in [6.45, 7) is 0. The first kappa shape index (κ1) is 12.7. The van der Waals surface area contributed by atoms with Crippen molar-refractivity contribution < 1.29 is 19.4 Å². The highest BCUT2D eigenvalue weighted by Crippen LogP contribution is 2.34. The third-order valence-electron chi connectivity index (χ3n) is 2.15. The van der Waals surface area contributed by atoms with E-state index in [9.17, 15) is 14.3 Å². The first-order valence-electron chi connectivity index (χ1n) is 4.57. The summed E-state index contributed by atoms with van der Waals surface area (Å²) in [5.74, 6) is -2.46. The van der Waals surface area contributed by atoms with Crippen molar-refractivity contribution in [3.63, 3.8) is 0 Å². The number of nitrogens with two attached hydrogens (primary N) is 1. The van der Waals surface area contributed by atoms with Gasteiger partial charge in [-0.1, -0.05) is 11.6 Å². The number of aromatic hydroxyl groups is 1. The van der Waals surface area contributed by atoms with Crippen LogP contribution in [0, 0.1) is 5.82 Å². The number of halogens is 2. The normalized spacial score (nSPS) is 12.4. The van der Waals surface area contributed by atoms with E-state index in [0.717, 1.165) is 6.07 Å². The highest BCUT2D eigenvalue weighted by Gasteiger charge is 2.18. The molecular weight excluding hydrogens is 237 g/mol. The zero-order valence-corrected chi connectivity index (χ0v) is 9.04. The van der Waals surface area contributed by atoms with Crippen molar-refractivity contribution in [3.05, 3.63) is 28.5 Å². The third-order valence-corrected chi connectivity index (χ3v) is 2.48. The van der Waals surface area contributed by atoms with E-state index in [0.29, 0.717) is 0 Å². The number of rotatable bonds is 4. The number of carboxylic acids is 1. The van der Waals surface area contributed by atoms with Gasteiger partial charge in [0.15, 0.2) is 11.6 Å². The summed E-state index contributed by atoms with van der Waals surface area (Å²) >= 11 is 5.76. The second-order valence-electron chi connectivity index (χ2n) is 3.33. The zero-order chi connectivity index (χ0) is 12.3. The van der Waals surface area contributed by atoms with Crippen molar-refractivity contribution >= 4 is 17.6 Å². The van der Waals surface area contributed by atoms with Crippen LogP contribution in [0.25, 0.3) is 0 Å². The molecule has 0 aliphatic heterocycles. The molecule has 1 atom stereocenters. The van der Waals surface area contributed by atoms with Gasteiger partial charge in [0, 0.05) is 23.0 Å². The Bertz CT molecular complexity index is 411. The molecule has 1 aromatic carbocycles. The predicted octanol–water partition coefficient (Wildman–Crippen LogP) is 2.05. The average Bonchev–Trinajstić information content (AvgIpc) is 2.21. The summed E-state index contributed by atoms with van der Waals surface area (Å²) < 4.78 is 13.0. The summed E-state index contributed by atoms with van der Waals surface area (Å²) in [4.78, 5) is 10.3. The van der Waals surface area contributed by atoms with Crippen LogP contribution in [-0.4, -0.2) is 16.2 Å². The predicted molar refractivity (Wildman–Crippen MR) is 56.9 cm³/mol. The smallest absolute Gasteiger partial charge is 0.303 e. The van der Waals surface area contributed by atoms with Crippen molar-refractivity contribution in [2.24, 2.45) is 5.73 Å². The number of aliphatic carboxylic acids is 1. The Balaban J connectivity index is 2.94.